The molecule has 0 aliphatic carbocycles. The van der Waals surface area contributed by atoms with Gasteiger partial charge in [-0.2, -0.15) is 0 Å². The minimum absolute atomic E-state index is 0. The standard InChI is InChI=1S/C17H22N2O3S.ClH/c1-22-14-13-18-11-12-19-23(20,21)17-10-6-5-9-16(17)15-7-3-2-4-8-15;/h2-10,18-19H,11-14H2,1H3;1H. The van der Waals surface area contributed by atoms with E-state index < -0.39 is 10.0 Å². The van der Waals surface area contributed by atoms with Crippen LogP contribution >= 0.6 is 12.4 Å². The zero-order valence-electron chi connectivity index (χ0n) is 13.6. The molecule has 2 aromatic carbocycles. The normalized spacial score (nSPS) is 11.0. The molecule has 2 rings (SSSR count). The Bertz CT molecular complexity index is 709. The second-order valence-electron chi connectivity index (χ2n) is 5.00. The molecule has 0 saturated heterocycles. The molecule has 0 amide bonds. The fourth-order valence-electron chi connectivity index (χ4n) is 2.21. The van der Waals surface area contributed by atoms with E-state index in [-0.39, 0.29) is 12.4 Å². The minimum Gasteiger partial charge on any atom is -0.383 e. The van der Waals surface area contributed by atoms with Gasteiger partial charge in [-0.1, -0.05) is 48.5 Å². The predicted octanol–water partition coefficient (Wildman–Crippen LogP) is 2.29. The maximum absolute atomic E-state index is 12.6. The van der Waals surface area contributed by atoms with E-state index in [1.165, 1.54) is 0 Å². The molecule has 7 heteroatoms. The Morgan fingerprint density at radius 2 is 1.58 bits per heavy atom. The molecule has 2 aromatic rings. The van der Waals surface area contributed by atoms with Crippen molar-refractivity contribution in [1.82, 2.24) is 10.0 Å². The third-order valence-corrected chi connectivity index (χ3v) is 4.86. The highest BCUT2D eigenvalue weighted by Gasteiger charge is 2.18. The molecule has 0 radical (unpaired) electrons. The molecule has 132 valence electrons. The van der Waals surface area contributed by atoms with Gasteiger partial charge >= 0.3 is 0 Å². The van der Waals surface area contributed by atoms with Gasteiger partial charge in [-0.3, -0.25) is 0 Å². The van der Waals surface area contributed by atoms with E-state index in [2.05, 4.69) is 10.0 Å². The number of sulfonamides is 1. The summed E-state index contributed by atoms with van der Waals surface area (Å²) in [6.07, 6.45) is 0. The zero-order chi connectivity index (χ0) is 16.5. The number of methoxy groups -OCH3 is 1. The van der Waals surface area contributed by atoms with Crippen LogP contribution in [0.15, 0.2) is 59.5 Å². The Balaban J connectivity index is 0.00000288. The predicted molar refractivity (Wildman–Crippen MR) is 99.1 cm³/mol. The van der Waals surface area contributed by atoms with Crippen LogP contribution in [0.25, 0.3) is 11.1 Å². The average molecular weight is 371 g/mol. The summed E-state index contributed by atoms with van der Waals surface area (Å²) in [6, 6.07) is 16.5. The number of nitrogens with one attached hydrogen (secondary N) is 2. The van der Waals surface area contributed by atoms with Crippen LogP contribution in [0.2, 0.25) is 0 Å². The van der Waals surface area contributed by atoms with Crippen LogP contribution in [-0.4, -0.2) is 41.8 Å². The maximum atomic E-state index is 12.6. The summed E-state index contributed by atoms with van der Waals surface area (Å²) in [7, 11) is -1.92. The molecule has 24 heavy (non-hydrogen) atoms. The van der Waals surface area contributed by atoms with Gasteiger partial charge in [-0.05, 0) is 11.6 Å². The molecule has 0 atom stereocenters. The molecule has 0 aliphatic rings. The monoisotopic (exact) mass is 370 g/mol. The lowest BCUT2D eigenvalue weighted by Crippen LogP contribution is -2.33. The van der Waals surface area contributed by atoms with E-state index >= 15 is 0 Å². The molecule has 0 aromatic heterocycles. The summed E-state index contributed by atoms with van der Waals surface area (Å²) in [5.41, 5.74) is 1.58. The molecule has 0 aliphatic heterocycles. The molecule has 0 saturated carbocycles. The average Bonchev–Trinajstić information content (AvgIpc) is 2.59. The Hall–Kier alpha value is -1.44. The fourth-order valence-corrected chi connectivity index (χ4v) is 3.47. The maximum Gasteiger partial charge on any atom is 0.241 e. The first-order valence-electron chi connectivity index (χ1n) is 7.49. The van der Waals surface area contributed by atoms with Crippen LogP contribution in [0, 0.1) is 0 Å². The molecule has 0 heterocycles. The van der Waals surface area contributed by atoms with Crippen LogP contribution in [0.1, 0.15) is 0 Å². The van der Waals surface area contributed by atoms with Gasteiger partial charge in [0.25, 0.3) is 0 Å². The highest BCUT2D eigenvalue weighted by atomic mass is 35.5. The first kappa shape index (κ1) is 20.6. The van der Waals surface area contributed by atoms with E-state index in [0.717, 1.165) is 5.56 Å². The van der Waals surface area contributed by atoms with Gasteiger partial charge in [0.05, 0.1) is 11.5 Å². The summed E-state index contributed by atoms with van der Waals surface area (Å²) in [4.78, 5) is 0.295. The molecule has 2 N–H and O–H groups in total. The molecule has 0 spiro atoms. The number of halogens is 1. The van der Waals surface area contributed by atoms with Gasteiger partial charge in [-0.15, -0.1) is 12.4 Å². The second-order valence-corrected chi connectivity index (χ2v) is 6.74. The summed E-state index contributed by atoms with van der Waals surface area (Å²) in [5, 5.41) is 3.10. The Morgan fingerprint density at radius 1 is 0.917 bits per heavy atom. The van der Waals surface area contributed by atoms with Gasteiger partial charge in [0.1, 0.15) is 0 Å². The fraction of sp³-hybridized carbons (Fsp3) is 0.294. The van der Waals surface area contributed by atoms with Crippen molar-refractivity contribution in [2.75, 3.05) is 33.4 Å². The first-order valence-corrected chi connectivity index (χ1v) is 8.97. The zero-order valence-corrected chi connectivity index (χ0v) is 15.2. The van der Waals surface area contributed by atoms with Crippen LogP contribution in [0.3, 0.4) is 0 Å². The third kappa shape index (κ3) is 5.89. The van der Waals surface area contributed by atoms with E-state index in [9.17, 15) is 8.42 Å². The van der Waals surface area contributed by atoms with Crippen molar-refractivity contribution in [3.63, 3.8) is 0 Å². The van der Waals surface area contributed by atoms with Crippen molar-refractivity contribution >= 4 is 22.4 Å². The van der Waals surface area contributed by atoms with Crippen LogP contribution in [-0.2, 0) is 14.8 Å². The molecule has 0 bridgehead atoms. The molecule has 5 nitrogen and oxygen atoms in total. The van der Waals surface area contributed by atoms with Crippen molar-refractivity contribution in [2.45, 2.75) is 4.90 Å². The van der Waals surface area contributed by atoms with E-state index in [1.807, 2.05) is 42.5 Å². The van der Waals surface area contributed by atoms with Crippen molar-refractivity contribution in [2.24, 2.45) is 0 Å². The van der Waals surface area contributed by atoms with E-state index in [0.29, 0.717) is 36.7 Å². The van der Waals surface area contributed by atoms with Gasteiger partial charge in [0.15, 0.2) is 0 Å². The number of hydrogen-bond acceptors (Lipinski definition) is 4. The number of rotatable bonds is 9. The van der Waals surface area contributed by atoms with Gasteiger partial charge in [-0.25, -0.2) is 13.1 Å². The van der Waals surface area contributed by atoms with Crippen LogP contribution in [0.5, 0.6) is 0 Å². The highest BCUT2D eigenvalue weighted by molar-refractivity contribution is 7.89. The summed E-state index contributed by atoms with van der Waals surface area (Å²) in [5.74, 6) is 0. The lowest BCUT2D eigenvalue weighted by molar-refractivity contribution is 0.199. The van der Waals surface area contributed by atoms with Gasteiger partial charge < -0.3 is 10.1 Å². The van der Waals surface area contributed by atoms with Gasteiger partial charge in [0.2, 0.25) is 10.0 Å². The molecule has 0 fully saturated rings. The number of hydrogen-bond donors (Lipinski definition) is 2. The minimum atomic E-state index is -3.55. The van der Waals surface area contributed by atoms with Crippen molar-refractivity contribution in [3.05, 3.63) is 54.6 Å². The largest absolute Gasteiger partial charge is 0.383 e. The second kappa shape index (κ2) is 10.4. The lowest BCUT2D eigenvalue weighted by atomic mass is 10.1. The molecular formula is C17H23ClN2O3S. The topological polar surface area (TPSA) is 67.4 Å². The van der Waals surface area contributed by atoms with Crippen LogP contribution in [0.4, 0.5) is 0 Å². The lowest BCUT2D eigenvalue weighted by Gasteiger charge is -2.12. The summed E-state index contributed by atoms with van der Waals surface area (Å²) < 4.78 is 32.7. The third-order valence-electron chi connectivity index (χ3n) is 3.34. The molecular weight excluding hydrogens is 348 g/mol. The Morgan fingerprint density at radius 3 is 2.29 bits per heavy atom. The summed E-state index contributed by atoms with van der Waals surface area (Å²) >= 11 is 0. The number of benzene rings is 2. The van der Waals surface area contributed by atoms with Crippen LogP contribution < -0.4 is 10.0 Å². The highest BCUT2D eigenvalue weighted by Crippen LogP contribution is 2.26. The Labute approximate surface area is 149 Å². The summed E-state index contributed by atoms with van der Waals surface area (Å²) in [6.45, 7) is 2.17. The quantitative estimate of drug-likeness (QED) is 0.664. The van der Waals surface area contributed by atoms with Gasteiger partial charge in [0, 0.05) is 32.3 Å². The first-order chi connectivity index (χ1) is 11.1. The van der Waals surface area contributed by atoms with Crippen molar-refractivity contribution in [1.29, 1.82) is 0 Å². The molecule has 0 unspecified atom stereocenters. The SMILES string of the molecule is COCCNCCNS(=O)(=O)c1ccccc1-c1ccccc1.Cl. The van der Waals surface area contributed by atoms with E-state index in [4.69, 9.17) is 4.74 Å². The van der Waals surface area contributed by atoms with Crippen molar-refractivity contribution < 1.29 is 13.2 Å². The smallest absolute Gasteiger partial charge is 0.241 e. The number of ether oxygens (including phenoxy) is 1. The van der Waals surface area contributed by atoms with Crippen molar-refractivity contribution in [3.8, 4) is 11.1 Å². The van der Waals surface area contributed by atoms with E-state index in [1.54, 1.807) is 19.2 Å². The Kier molecular flexibility index (Phi) is 8.95.